The number of carboxylic acid groups (broad SMARTS) is 1. The minimum atomic E-state index is -5.08. The fourth-order valence-electron chi connectivity index (χ4n) is 3.88. The molecule has 2 N–H and O–H groups in total. The van der Waals surface area contributed by atoms with E-state index in [-0.39, 0.29) is 11.3 Å². The van der Waals surface area contributed by atoms with Gasteiger partial charge in [0.1, 0.15) is 5.76 Å². The Labute approximate surface area is 176 Å². The number of amides is 1. The van der Waals surface area contributed by atoms with E-state index in [4.69, 9.17) is 19.1 Å². The number of rotatable bonds is 5. The van der Waals surface area contributed by atoms with Crippen molar-refractivity contribution < 1.29 is 37.0 Å². The molecule has 10 heteroatoms. The molecule has 1 aromatic heterocycles. The van der Waals surface area contributed by atoms with Crippen molar-refractivity contribution in [2.75, 3.05) is 32.8 Å². The third-order valence-corrected chi connectivity index (χ3v) is 5.43. The van der Waals surface area contributed by atoms with Gasteiger partial charge in [0.2, 0.25) is 0 Å². The first-order valence-corrected chi connectivity index (χ1v) is 9.65. The molecule has 0 spiro atoms. The maximum Gasteiger partial charge on any atom is 0.490 e. The van der Waals surface area contributed by atoms with Crippen LogP contribution in [0.1, 0.15) is 16.1 Å². The maximum atomic E-state index is 12.3. The highest BCUT2D eigenvalue weighted by molar-refractivity contribution is 5.94. The SMILES string of the molecule is O=C(NC[C@]12COC[C@H]1CN(Cc1ccco1)C2)c1ccccc1.O=C(O)C(F)(F)F. The van der Waals surface area contributed by atoms with Gasteiger partial charge in [-0.1, -0.05) is 18.2 Å². The van der Waals surface area contributed by atoms with Crippen LogP contribution in [0, 0.1) is 11.3 Å². The molecule has 7 nitrogen and oxygen atoms in total. The first-order chi connectivity index (χ1) is 14.7. The molecule has 2 saturated heterocycles. The fourth-order valence-corrected chi connectivity index (χ4v) is 3.88. The average molecular weight is 440 g/mol. The molecule has 2 aliphatic heterocycles. The van der Waals surface area contributed by atoms with E-state index < -0.39 is 12.1 Å². The van der Waals surface area contributed by atoms with Crippen molar-refractivity contribution in [1.29, 1.82) is 0 Å². The van der Waals surface area contributed by atoms with Crippen molar-refractivity contribution in [2.24, 2.45) is 11.3 Å². The number of carboxylic acids is 1. The Morgan fingerprint density at radius 2 is 1.90 bits per heavy atom. The molecule has 2 fully saturated rings. The van der Waals surface area contributed by atoms with Crippen LogP contribution in [0.5, 0.6) is 0 Å². The molecule has 168 valence electrons. The van der Waals surface area contributed by atoms with Crippen molar-refractivity contribution >= 4 is 11.9 Å². The third kappa shape index (κ3) is 5.86. The first kappa shape index (κ1) is 22.8. The lowest BCUT2D eigenvalue weighted by Crippen LogP contribution is -2.43. The fraction of sp³-hybridized carbons (Fsp3) is 0.429. The van der Waals surface area contributed by atoms with Gasteiger partial charge < -0.3 is 19.6 Å². The number of carbonyl (C=O) groups is 2. The number of carbonyl (C=O) groups excluding carboxylic acids is 1. The number of nitrogens with one attached hydrogen (secondary N) is 1. The molecule has 31 heavy (non-hydrogen) atoms. The van der Waals surface area contributed by atoms with Gasteiger partial charge in [-0.05, 0) is 24.3 Å². The molecule has 0 unspecified atom stereocenters. The van der Waals surface area contributed by atoms with Gasteiger partial charge in [-0.25, -0.2) is 4.79 Å². The normalized spacial score (nSPS) is 23.0. The van der Waals surface area contributed by atoms with Gasteiger partial charge >= 0.3 is 12.1 Å². The molecule has 2 atom stereocenters. The molecule has 1 amide bonds. The van der Waals surface area contributed by atoms with Crippen molar-refractivity contribution in [3.8, 4) is 0 Å². The van der Waals surface area contributed by atoms with Gasteiger partial charge in [0.25, 0.3) is 5.91 Å². The lowest BCUT2D eigenvalue weighted by atomic mass is 9.81. The molecule has 0 radical (unpaired) electrons. The average Bonchev–Trinajstić information content (AvgIpc) is 3.43. The number of nitrogens with zero attached hydrogens (tertiary/aromatic N) is 1. The molecule has 0 bridgehead atoms. The number of halogens is 3. The van der Waals surface area contributed by atoms with Gasteiger partial charge in [-0.15, -0.1) is 0 Å². The van der Waals surface area contributed by atoms with Gasteiger partial charge in [-0.3, -0.25) is 9.69 Å². The van der Waals surface area contributed by atoms with E-state index in [1.807, 2.05) is 42.5 Å². The Morgan fingerprint density at radius 3 is 2.52 bits per heavy atom. The summed E-state index contributed by atoms with van der Waals surface area (Å²) in [5.74, 6) is -1.32. The van der Waals surface area contributed by atoms with Crippen molar-refractivity contribution in [1.82, 2.24) is 10.2 Å². The highest BCUT2D eigenvalue weighted by Crippen LogP contribution is 2.41. The van der Waals surface area contributed by atoms with Crippen LogP contribution in [0.3, 0.4) is 0 Å². The highest BCUT2D eigenvalue weighted by Gasteiger charge is 2.50. The van der Waals surface area contributed by atoms with E-state index in [0.29, 0.717) is 24.6 Å². The summed E-state index contributed by atoms with van der Waals surface area (Å²) in [6, 6.07) is 13.3. The van der Waals surface area contributed by atoms with Crippen LogP contribution in [0.4, 0.5) is 13.2 Å². The van der Waals surface area contributed by atoms with Crippen LogP contribution in [0.25, 0.3) is 0 Å². The van der Waals surface area contributed by atoms with Crippen LogP contribution in [0.2, 0.25) is 0 Å². The van der Waals surface area contributed by atoms with Gasteiger partial charge in [0.15, 0.2) is 0 Å². The number of hydrogen-bond acceptors (Lipinski definition) is 5. The molecule has 0 aliphatic carbocycles. The quantitative estimate of drug-likeness (QED) is 0.743. The van der Waals surface area contributed by atoms with Crippen LogP contribution < -0.4 is 5.32 Å². The second-order valence-corrected chi connectivity index (χ2v) is 7.68. The minimum Gasteiger partial charge on any atom is -0.475 e. The second-order valence-electron chi connectivity index (χ2n) is 7.68. The summed E-state index contributed by atoms with van der Waals surface area (Å²) in [6.07, 6.45) is -3.37. The van der Waals surface area contributed by atoms with Crippen LogP contribution in [-0.4, -0.2) is 60.9 Å². The zero-order valence-electron chi connectivity index (χ0n) is 16.6. The Morgan fingerprint density at radius 1 is 1.19 bits per heavy atom. The molecule has 0 saturated carbocycles. The van der Waals surface area contributed by atoms with Gasteiger partial charge in [0, 0.05) is 36.5 Å². The molecule has 1 aromatic carbocycles. The molecule has 4 rings (SSSR count). The predicted molar refractivity (Wildman–Crippen MR) is 103 cm³/mol. The number of hydrogen-bond donors (Lipinski definition) is 2. The predicted octanol–water partition coefficient (Wildman–Crippen LogP) is 2.79. The molecular formula is C21H23F3N2O5. The summed E-state index contributed by atoms with van der Waals surface area (Å²) in [6.45, 7) is 4.87. The van der Waals surface area contributed by atoms with Crippen LogP contribution >= 0.6 is 0 Å². The number of furan rings is 1. The molecule has 2 aliphatic rings. The van der Waals surface area contributed by atoms with Crippen molar-refractivity contribution in [2.45, 2.75) is 12.7 Å². The van der Waals surface area contributed by atoms with Crippen LogP contribution in [-0.2, 0) is 16.1 Å². The number of alkyl halides is 3. The highest BCUT2D eigenvalue weighted by atomic mass is 19.4. The summed E-state index contributed by atoms with van der Waals surface area (Å²) in [7, 11) is 0. The van der Waals surface area contributed by atoms with E-state index in [1.54, 1.807) is 6.26 Å². The smallest absolute Gasteiger partial charge is 0.475 e. The van der Waals surface area contributed by atoms with E-state index in [1.165, 1.54) is 0 Å². The number of ether oxygens (including phenoxy) is 1. The summed E-state index contributed by atoms with van der Waals surface area (Å²) >= 11 is 0. The number of likely N-dealkylation sites (tertiary alicyclic amines) is 1. The Kier molecular flexibility index (Phi) is 7.01. The summed E-state index contributed by atoms with van der Waals surface area (Å²) in [5.41, 5.74) is 0.714. The lowest BCUT2D eigenvalue weighted by molar-refractivity contribution is -0.192. The second kappa shape index (κ2) is 9.52. The third-order valence-electron chi connectivity index (χ3n) is 5.43. The maximum absolute atomic E-state index is 12.3. The minimum absolute atomic E-state index is 0.0109. The summed E-state index contributed by atoms with van der Waals surface area (Å²) in [4.78, 5) is 23.6. The Balaban J connectivity index is 0.000000339. The molecule has 2 aromatic rings. The van der Waals surface area contributed by atoms with E-state index in [2.05, 4.69) is 10.2 Å². The first-order valence-electron chi connectivity index (χ1n) is 9.65. The van der Waals surface area contributed by atoms with Crippen LogP contribution in [0.15, 0.2) is 53.1 Å². The van der Waals surface area contributed by atoms with E-state index in [9.17, 15) is 18.0 Å². The van der Waals surface area contributed by atoms with E-state index >= 15 is 0 Å². The zero-order chi connectivity index (χ0) is 22.5. The standard InChI is InChI=1S/C19H22N2O3.C2HF3O2/c22-18(15-5-2-1-3-6-15)20-12-19-13-21(9-16(19)11-23-14-19)10-17-7-4-8-24-17;3-2(4,5)1(6)7/h1-8,16H,9-14H2,(H,20,22);(H,6,7)/t16-,19+;/m1./s1. The van der Waals surface area contributed by atoms with Crippen molar-refractivity contribution in [3.05, 3.63) is 60.1 Å². The summed E-state index contributed by atoms with van der Waals surface area (Å²) < 4.78 is 42.9. The summed E-state index contributed by atoms with van der Waals surface area (Å²) in [5, 5.41) is 10.2. The van der Waals surface area contributed by atoms with E-state index in [0.717, 1.165) is 32.0 Å². The number of aliphatic carboxylic acids is 1. The molecular weight excluding hydrogens is 417 g/mol. The monoisotopic (exact) mass is 440 g/mol. The Hall–Kier alpha value is -2.85. The van der Waals surface area contributed by atoms with Gasteiger partial charge in [-0.2, -0.15) is 13.2 Å². The lowest BCUT2D eigenvalue weighted by Gasteiger charge is -2.27. The number of fused-ring (bicyclic) bond motifs is 1. The van der Waals surface area contributed by atoms with Gasteiger partial charge in [0.05, 0.1) is 26.0 Å². The largest absolute Gasteiger partial charge is 0.490 e. The topological polar surface area (TPSA) is 92.0 Å². The molecule has 3 heterocycles. The Bertz CT molecular complexity index is 873. The number of benzene rings is 1. The zero-order valence-corrected chi connectivity index (χ0v) is 16.6. The van der Waals surface area contributed by atoms with Crippen molar-refractivity contribution in [3.63, 3.8) is 0 Å².